The number of nitrogens with one attached hydrogen (secondary N) is 1. The third kappa shape index (κ3) is 2.58. The summed E-state index contributed by atoms with van der Waals surface area (Å²) in [7, 11) is 0. The third-order valence-corrected chi connectivity index (χ3v) is 3.91. The van der Waals surface area contributed by atoms with E-state index in [2.05, 4.69) is 26.2 Å². The van der Waals surface area contributed by atoms with E-state index in [-0.39, 0.29) is 5.91 Å². The summed E-state index contributed by atoms with van der Waals surface area (Å²) in [5.74, 6) is 2.67. The maximum Gasteiger partial charge on any atom is 0.273 e. The van der Waals surface area contributed by atoms with Crippen LogP contribution in [0.2, 0.25) is 0 Å². The van der Waals surface area contributed by atoms with Crippen molar-refractivity contribution in [2.45, 2.75) is 6.54 Å². The van der Waals surface area contributed by atoms with Crippen molar-refractivity contribution < 1.29 is 4.79 Å². The molecule has 0 spiro atoms. The summed E-state index contributed by atoms with van der Waals surface area (Å²) in [5, 5.41) is 3.77. The predicted octanol–water partition coefficient (Wildman–Crippen LogP) is 2.87. The van der Waals surface area contributed by atoms with Crippen molar-refractivity contribution in [1.29, 1.82) is 0 Å². The quantitative estimate of drug-likeness (QED) is 0.587. The van der Waals surface area contributed by atoms with Gasteiger partial charge in [-0.25, -0.2) is 9.97 Å². The number of hydrogen-bond acceptors (Lipinski definition) is 4. The van der Waals surface area contributed by atoms with Gasteiger partial charge in [-0.1, -0.05) is 24.1 Å². The summed E-state index contributed by atoms with van der Waals surface area (Å²) in [6.45, 7) is 0.305. The summed E-state index contributed by atoms with van der Waals surface area (Å²) in [4.78, 5) is 25.5. The van der Waals surface area contributed by atoms with Gasteiger partial charge in [0, 0.05) is 29.5 Å². The molecule has 1 N–H and O–H groups in total. The number of nitrogens with zero attached hydrogens (tertiary/aromatic N) is 4. The molecule has 0 fully saturated rings. The van der Waals surface area contributed by atoms with E-state index in [1.807, 2.05) is 34.9 Å². The maximum absolute atomic E-state index is 12.8. The minimum Gasteiger partial charge on any atom is -0.325 e. The standard InChI is InChI=1S/C19H13N5O/c1-2-11-24-15-6-4-3-5-13(15)12-16(24)19(25)23-18-17-14(7-8-22-18)20-9-10-21-17/h1,3-10,12H,11H2,(H,22,23,25). The van der Waals surface area contributed by atoms with E-state index in [4.69, 9.17) is 6.42 Å². The SMILES string of the molecule is C#CCn1c(C(=O)Nc2nccc3nccnc23)cc2ccccc21. The summed E-state index contributed by atoms with van der Waals surface area (Å²) in [6, 6.07) is 11.3. The van der Waals surface area contributed by atoms with E-state index in [1.54, 1.807) is 24.7 Å². The van der Waals surface area contributed by atoms with Crippen molar-refractivity contribution >= 4 is 33.7 Å². The molecule has 0 unspecified atom stereocenters. The van der Waals surface area contributed by atoms with Crippen LogP contribution < -0.4 is 5.32 Å². The van der Waals surface area contributed by atoms with Gasteiger partial charge in [0.15, 0.2) is 5.82 Å². The van der Waals surface area contributed by atoms with Crippen LogP contribution in [0.25, 0.3) is 21.9 Å². The number of benzene rings is 1. The normalized spacial score (nSPS) is 10.7. The number of fused-ring (bicyclic) bond motifs is 2. The Balaban J connectivity index is 1.77. The molecule has 120 valence electrons. The van der Waals surface area contributed by atoms with E-state index < -0.39 is 0 Å². The van der Waals surface area contributed by atoms with Gasteiger partial charge in [0.2, 0.25) is 0 Å². The van der Waals surface area contributed by atoms with Crippen molar-refractivity contribution in [3.8, 4) is 12.3 Å². The molecule has 6 nitrogen and oxygen atoms in total. The summed E-state index contributed by atoms with van der Waals surface area (Å²) in [5.41, 5.74) is 2.59. The van der Waals surface area contributed by atoms with Gasteiger partial charge in [-0.3, -0.25) is 9.78 Å². The second-order valence-electron chi connectivity index (χ2n) is 5.42. The lowest BCUT2D eigenvalue weighted by Gasteiger charge is -2.09. The van der Waals surface area contributed by atoms with Gasteiger partial charge < -0.3 is 9.88 Å². The zero-order valence-corrected chi connectivity index (χ0v) is 13.2. The number of pyridine rings is 1. The molecule has 0 radical (unpaired) electrons. The predicted molar refractivity (Wildman–Crippen MR) is 96.1 cm³/mol. The van der Waals surface area contributed by atoms with Crippen LogP contribution in [-0.2, 0) is 6.54 Å². The highest BCUT2D eigenvalue weighted by Gasteiger charge is 2.17. The zero-order chi connectivity index (χ0) is 17.2. The van der Waals surface area contributed by atoms with Crippen LogP contribution in [0.1, 0.15) is 10.5 Å². The van der Waals surface area contributed by atoms with Crippen molar-refractivity contribution in [2.75, 3.05) is 5.32 Å². The van der Waals surface area contributed by atoms with Crippen LogP contribution in [-0.4, -0.2) is 25.4 Å². The number of carbonyl (C=O) groups excluding carboxylic acids is 1. The smallest absolute Gasteiger partial charge is 0.273 e. The number of rotatable bonds is 3. The van der Waals surface area contributed by atoms with Crippen LogP contribution >= 0.6 is 0 Å². The lowest BCUT2D eigenvalue weighted by molar-refractivity contribution is 0.101. The maximum atomic E-state index is 12.8. The topological polar surface area (TPSA) is 72.7 Å². The molecule has 0 aliphatic carbocycles. The van der Waals surface area contributed by atoms with Gasteiger partial charge in [0.1, 0.15) is 11.2 Å². The summed E-state index contributed by atoms with van der Waals surface area (Å²) in [6.07, 6.45) is 10.2. The van der Waals surface area contributed by atoms with E-state index in [0.717, 1.165) is 10.9 Å². The second kappa shape index (κ2) is 6.06. The fourth-order valence-electron chi connectivity index (χ4n) is 2.82. The second-order valence-corrected chi connectivity index (χ2v) is 5.42. The van der Waals surface area contributed by atoms with E-state index in [0.29, 0.717) is 29.1 Å². The molecule has 4 rings (SSSR count). The third-order valence-electron chi connectivity index (χ3n) is 3.91. The zero-order valence-electron chi connectivity index (χ0n) is 13.2. The lowest BCUT2D eigenvalue weighted by Crippen LogP contribution is -2.18. The van der Waals surface area contributed by atoms with Crippen LogP contribution in [0.15, 0.2) is 55.0 Å². The van der Waals surface area contributed by atoms with E-state index >= 15 is 0 Å². The van der Waals surface area contributed by atoms with E-state index in [9.17, 15) is 4.79 Å². The number of hydrogen-bond donors (Lipinski definition) is 1. The first kappa shape index (κ1) is 14.8. The first-order valence-electron chi connectivity index (χ1n) is 7.67. The Bertz CT molecular complexity index is 1130. The average molecular weight is 327 g/mol. The van der Waals surface area contributed by atoms with Crippen molar-refractivity contribution in [3.63, 3.8) is 0 Å². The fourth-order valence-corrected chi connectivity index (χ4v) is 2.82. The number of amides is 1. The number of aromatic nitrogens is 4. The Labute approximate surface area is 143 Å². The molecule has 4 aromatic rings. The molecule has 0 atom stereocenters. The Morgan fingerprint density at radius 1 is 1.12 bits per heavy atom. The largest absolute Gasteiger partial charge is 0.325 e. The minimum atomic E-state index is -0.294. The van der Waals surface area contributed by atoms with E-state index in [1.165, 1.54) is 0 Å². The molecule has 0 aliphatic heterocycles. The molecule has 0 bridgehead atoms. The monoisotopic (exact) mass is 327 g/mol. The molecule has 0 saturated carbocycles. The number of terminal acetylenes is 1. The fraction of sp³-hybridized carbons (Fsp3) is 0.0526. The van der Waals surface area contributed by atoms with Crippen LogP contribution in [0.3, 0.4) is 0 Å². The van der Waals surface area contributed by atoms with Crippen molar-refractivity contribution in [2.24, 2.45) is 0 Å². The van der Waals surface area contributed by atoms with Gasteiger partial charge >= 0.3 is 0 Å². The molecule has 0 aliphatic rings. The molecule has 25 heavy (non-hydrogen) atoms. The Hall–Kier alpha value is -3.72. The Kier molecular flexibility index (Phi) is 3.60. The average Bonchev–Trinajstić information content (AvgIpc) is 3.01. The van der Waals surface area contributed by atoms with Crippen LogP contribution in [0.4, 0.5) is 5.82 Å². The molecular formula is C19H13N5O. The molecule has 6 heteroatoms. The highest BCUT2D eigenvalue weighted by Crippen LogP contribution is 2.22. The highest BCUT2D eigenvalue weighted by molar-refractivity contribution is 6.08. The van der Waals surface area contributed by atoms with Crippen LogP contribution in [0.5, 0.6) is 0 Å². The first-order chi connectivity index (χ1) is 12.3. The number of carbonyl (C=O) groups is 1. The van der Waals surface area contributed by atoms with Gasteiger partial charge in [0.05, 0.1) is 12.1 Å². The van der Waals surface area contributed by atoms with Crippen molar-refractivity contribution in [1.82, 2.24) is 19.5 Å². The minimum absolute atomic E-state index is 0.294. The molecule has 3 heterocycles. The van der Waals surface area contributed by atoms with Gasteiger partial charge in [0.25, 0.3) is 5.91 Å². The number of anilines is 1. The van der Waals surface area contributed by atoms with Crippen molar-refractivity contribution in [3.05, 3.63) is 60.7 Å². The van der Waals surface area contributed by atoms with Gasteiger partial charge in [-0.15, -0.1) is 6.42 Å². The molecule has 1 amide bonds. The Morgan fingerprint density at radius 2 is 1.96 bits per heavy atom. The first-order valence-corrected chi connectivity index (χ1v) is 7.67. The lowest BCUT2D eigenvalue weighted by atomic mass is 10.2. The van der Waals surface area contributed by atoms with Gasteiger partial charge in [-0.05, 0) is 18.2 Å². The highest BCUT2D eigenvalue weighted by atomic mass is 16.2. The summed E-state index contributed by atoms with van der Waals surface area (Å²) < 4.78 is 1.81. The summed E-state index contributed by atoms with van der Waals surface area (Å²) >= 11 is 0. The number of para-hydroxylation sites is 1. The van der Waals surface area contributed by atoms with Crippen LogP contribution in [0, 0.1) is 12.3 Å². The molecular weight excluding hydrogens is 314 g/mol. The Morgan fingerprint density at radius 3 is 2.84 bits per heavy atom. The molecule has 0 saturated heterocycles. The van der Waals surface area contributed by atoms with Gasteiger partial charge in [-0.2, -0.15) is 0 Å². The molecule has 1 aromatic carbocycles. The molecule has 3 aromatic heterocycles.